The molecule has 0 N–H and O–H groups in total. The molecule has 0 bridgehead atoms. The Hall–Kier alpha value is -1.75. The van der Waals surface area contributed by atoms with E-state index in [4.69, 9.17) is 18.9 Å². The third-order valence-corrected chi connectivity index (χ3v) is 2.59. The third kappa shape index (κ3) is 2.41. The molecule has 5 nitrogen and oxygen atoms in total. The summed E-state index contributed by atoms with van der Waals surface area (Å²) in [4.78, 5) is 4.31. The zero-order valence-electron chi connectivity index (χ0n) is 10.7. The van der Waals surface area contributed by atoms with Crippen LogP contribution in [0.3, 0.4) is 0 Å². The van der Waals surface area contributed by atoms with Crippen molar-refractivity contribution >= 4 is 5.76 Å². The van der Waals surface area contributed by atoms with Gasteiger partial charge in [-0.25, -0.2) is 0 Å². The van der Waals surface area contributed by atoms with Gasteiger partial charge in [-0.2, -0.15) is 0 Å². The van der Waals surface area contributed by atoms with Gasteiger partial charge in [-0.15, -0.1) is 0 Å². The van der Waals surface area contributed by atoms with Gasteiger partial charge >= 0.3 is 0 Å². The second-order valence-electron chi connectivity index (χ2n) is 3.78. The van der Waals surface area contributed by atoms with Crippen LogP contribution >= 0.6 is 0 Å². The molecule has 18 heavy (non-hydrogen) atoms. The van der Waals surface area contributed by atoms with E-state index in [1.807, 2.05) is 6.92 Å². The van der Waals surface area contributed by atoms with Crippen molar-refractivity contribution in [3.05, 3.63) is 24.0 Å². The summed E-state index contributed by atoms with van der Waals surface area (Å²) >= 11 is 0. The number of hydrogen-bond donors (Lipinski definition) is 0. The largest absolute Gasteiger partial charge is 0.494 e. The maximum Gasteiger partial charge on any atom is 0.188 e. The van der Waals surface area contributed by atoms with Crippen LogP contribution in [0, 0.1) is 0 Å². The number of nitrogens with zero attached hydrogens (tertiary/aromatic N) is 1. The summed E-state index contributed by atoms with van der Waals surface area (Å²) in [5.74, 6) is 1.81. The molecule has 1 aliphatic rings. The van der Waals surface area contributed by atoms with E-state index in [1.54, 1.807) is 13.3 Å². The molecule has 0 spiro atoms. The standard InChI is InChI=1S/C13H17NO4/c1-4-16-9(2)12-11(18-8-15-3)7-14-10-5-6-17-13(10)12/h7H,2,4-6,8H2,1,3H3. The highest BCUT2D eigenvalue weighted by atomic mass is 16.7. The Kier molecular flexibility index (Phi) is 4.04. The summed E-state index contributed by atoms with van der Waals surface area (Å²) in [6, 6.07) is 0. The molecule has 98 valence electrons. The average Bonchev–Trinajstić information content (AvgIpc) is 2.83. The van der Waals surface area contributed by atoms with Gasteiger partial charge in [0.15, 0.2) is 18.3 Å². The first-order valence-electron chi connectivity index (χ1n) is 5.86. The van der Waals surface area contributed by atoms with Crippen LogP contribution in [0.2, 0.25) is 0 Å². The van der Waals surface area contributed by atoms with Crippen LogP contribution in [-0.2, 0) is 15.9 Å². The van der Waals surface area contributed by atoms with Crippen molar-refractivity contribution in [3.8, 4) is 11.5 Å². The predicted octanol–water partition coefficient (Wildman–Crippen LogP) is 2.01. The summed E-state index contributed by atoms with van der Waals surface area (Å²) < 4.78 is 21.4. The van der Waals surface area contributed by atoms with Gasteiger partial charge in [-0.05, 0) is 6.92 Å². The molecule has 0 unspecified atom stereocenters. The van der Waals surface area contributed by atoms with Gasteiger partial charge in [0.25, 0.3) is 0 Å². The molecule has 2 heterocycles. The maximum absolute atomic E-state index is 5.59. The molecule has 1 aromatic heterocycles. The zero-order valence-corrected chi connectivity index (χ0v) is 10.7. The highest BCUT2D eigenvalue weighted by Crippen LogP contribution is 2.38. The predicted molar refractivity (Wildman–Crippen MR) is 66.6 cm³/mol. The molecule has 0 saturated carbocycles. The van der Waals surface area contributed by atoms with Crippen LogP contribution < -0.4 is 9.47 Å². The number of pyridine rings is 1. The summed E-state index contributed by atoms with van der Waals surface area (Å²) in [6.45, 7) is 7.13. The summed E-state index contributed by atoms with van der Waals surface area (Å²) in [7, 11) is 1.56. The molecule has 0 fully saturated rings. The monoisotopic (exact) mass is 251 g/mol. The van der Waals surface area contributed by atoms with Gasteiger partial charge < -0.3 is 18.9 Å². The van der Waals surface area contributed by atoms with Gasteiger partial charge in [0.05, 0.1) is 25.1 Å². The Morgan fingerprint density at radius 2 is 2.39 bits per heavy atom. The Balaban J connectivity index is 2.37. The lowest BCUT2D eigenvalue weighted by atomic mass is 10.1. The second kappa shape index (κ2) is 5.73. The van der Waals surface area contributed by atoms with E-state index < -0.39 is 0 Å². The number of aromatic nitrogens is 1. The molecule has 0 atom stereocenters. The number of fused-ring (bicyclic) bond motifs is 1. The number of rotatable bonds is 6. The fourth-order valence-corrected chi connectivity index (χ4v) is 1.84. The van der Waals surface area contributed by atoms with Crippen molar-refractivity contribution in [2.24, 2.45) is 0 Å². The topological polar surface area (TPSA) is 49.8 Å². The van der Waals surface area contributed by atoms with Gasteiger partial charge in [0.2, 0.25) is 0 Å². The smallest absolute Gasteiger partial charge is 0.188 e. The maximum atomic E-state index is 5.59. The number of ether oxygens (including phenoxy) is 4. The first-order chi connectivity index (χ1) is 8.77. The van der Waals surface area contributed by atoms with Gasteiger partial charge in [-0.1, -0.05) is 6.58 Å². The molecular formula is C13H17NO4. The van der Waals surface area contributed by atoms with Crippen LogP contribution in [-0.4, -0.2) is 32.1 Å². The van der Waals surface area contributed by atoms with Crippen molar-refractivity contribution < 1.29 is 18.9 Å². The molecule has 0 saturated heterocycles. The summed E-state index contributed by atoms with van der Waals surface area (Å²) in [6.07, 6.45) is 2.46. The zero-order chi connectivity index (χ0) is 13.0. The minimum Gasteiger partial charge on any atom is -0.494 e. The Labute approximate surface area is 106 Å². The lowest BCUT2D eigenvalue weighted by Gasteiger charge is -2.15. The van der Waals surface area contributed by atoms with Crippen molar-refractivity contribution in [1.82, 2.24) is 4.98 Å². The Morgan fingerprint density at radius 1 is 1.56 bits per heavy atom. The molecular weight excluding hydrogens is 234 g/mol. The van der Waals surface area contributed by atoms with E-state index in [0.29, 0.717) is 30.5 Å². The van der Waals surface area contributed by atoms with Crippen LogP contribution in [0.5, 0.6) is 11.5 Å². The SMILES string of the molecule is C=C(OCC)c1c(OCOC)cnc2c1OCC2. The van der Waals surface area contributed by atoms with Crippen molar-refractivity contribution in [1.29, 1.82) is 0 Å². The molecule has 0 aromatic carbocycles. The number of methoxy groups -OCH3 is 1. The van der Waals surface area contributed by atoms with Crippen LogP contribution in [0.15, 0.2) is 12.8 Å². The fraction of sp³-hybridized carbons (Fsp3) is 0.462. The highest BCUT2D eigenvalue weighted by molar-refractivity contribution is 5.71. The summed E-state index contributed by atoms with van der Waals surface area (Å²) in [5, 5.41) is 0. The van der Waals surface area contributed by atoms with Crippen molar-refractivity contribution in [3.63, 3.8) is 0 Å². The summed E-state index contributed by atoms with van der Waals surface area (Å²) in [5.41, 5.74) is 1.65. The van der Waals surface area contributed by atoms with Gasteiger partial charge in [-0.3, -0.25) is 4.98 Å². The van der Waals surface area contributed by atoms with E-state index in [1.165, 1.54) is 0 Å². The molecule has 0 radical (unpaired) electrons. The van der Waals surface area contributed by atoms with Crippen molar-refractivity contribution in [2.75, 3.05) is 27.1 Å². The van der Waals surface area contributed by atoms with Crippen LogP contribution in [0.4, 0.5) is 0 Å². The Bertz CT molecular complexity index is 445. The van der Waals surface area contributed by atoms with Crippen LogP contribution in [0.25, 0.3) is 5.76 Å². The molecule has 1 aliphatic heterocycles. The lowest BCUT2D eigenvalue weighted by molar-refractivity contribution is 0.0502. The Morgan fingerprint density at radius 3 is 3.11 bits per heavy atom. The van der Waals surface area contributed by atoms with E-state index in [9.17, 15) is 0 Å². The highest BCUT2D eigenvalue weighted by Gasteiger charge is 2.24. The minimum absolute atomic E-state index is 0.146. The quantitative estimate of drug-likeness (QED) is 0.571. The van der Waals surface area contributed by atoms with Gasteiger partial charge in [0, 0.05) is 13.5 Å². The van der Waals surface area contributed by atoms with Crippen LogP contribution in [0.1, 0.15) is 18.2 Å². The second-order valence-corrected chi connectivity index (χ2v) is 3.78. The van der Waals surface area contributed by atoms with E-state index in [2.05, 4.69) is 11.6 Å². The van der Waals surface area contributed by atoms with Gasteiger partial charge in [0.1, 0.15) is 11.3 Å². The normalized spacial score (nSPS) is 12.8. The van der Waals surface area contributed by atoms with E-state index >= 15 is 0 Å². The van der Waals surface area contributed by atoms with Crippen molar-refractivity contribution in [2.45, 2.75) is 13.3 Å². The van der Waals surface area contributed by atoms with E-state index in [-0.39, 0.29) is 6.79 Å². The molecule has 0 aliphatic carbocycles. The fourth-order valence-electron chi connectivity index (χ4n) is 1.84. The molecule has 2 rings (SSSR count). The lowest BCUT2D eigenvalue weighted by Crippen LogP contribution is -2.04. The molecule has 5 heteroatoms. The third-order valence-electron chi connectivity index (χ3n) is 2.59. The first kappa shape index (κ1) is 12.7. The average molecular weight is 251 g/mol. The number of hydrogen-bond acceptors (Lipinski definition) is 5. The molecule has 1 aromatic rings. The molecule has 0 amide bonds. The first-order valence-corrected chi connectivity index (χ1v) is 5.86. The minimum atomic E-state index is 0.146. The van der Waals surface area contributed by atoms with E-state index in [0.717, 1.165) is 17.7 Å².